The number of ether oxygens (including phenoxy) is 1. The van der Waals surface area contributed by atoms with Crippen molar-refractivity contribution in [2.24, 2.45) is 0 Å². The standard InChI is InChI=1S/C66H121N2O7P/c1-7-10-13-16-19-22-25-27-29-30-31-32-33-34-35-36-37-38-39-40-43-46-49-52-55-58-65(69)67-63(62-74-76(71,72)73-61-60-68(4,5)6)64(57-54-51-48-45-42-24-21-18-15-12-9-3)75-66(70)59-56-53-50-47-44-41-28-26-23-20-17-14-11-8-2/h10,13,19,22,27,29,31-32,34-35,54,57,63-64H,7-9,11-12,14-18,20-21,23-26,28,30,33,36-53,55-56,58-62H2,1-6H3,(H-,67,69,71,72)/b13-10-,22-19-,29-27-,32-31-,35-34-,57-54-. The molecule has 0 bridgehead atoms. The summed E-state index contributed by atoms with van der Waals surface area (Å²) in [5, 5.41) is 3.03. The Hall–Kier alpha value is -2.55. The largest absolute Gasteiger partial charge is 0.756 e. The summed E-state index contributed by atoms with van der Waals surface area (Å²) in [5.74, 6) is -0.543. The number of nitrogens with one attached hydrogen (secondary N) is 1. The zero-order valence-corrected chi connectivity index (χ0v) is 51.3. The van der Waals surface area contributed by atoms with Crippen molar-refractivity contribution >= 4 is 19.7 Å². The van der Waals surface area contributed by atoms with Gasteiger partial charge in [-0.15, -0.1) is 0 Å². The monoisotopic (exact) mass is 1080 g/mol. The van der Waals surface area contributed by atoms with Crippen LogP contribution in [0.25, 0.3) is 0 Å². The molecule has 1 amide bonds. The average molecular weight is 1090 g/mol. The van der Waals surface area contributed by atoms with E-state index in [4.69, 9.17) is 13.8 Å². The first-order valence-electron chi connectivity index (χ1n) is 31.7. The SMILES string of the molecule is CC/C=C\C/C=C\C/C=C\C/C=C\C/C=C\CCCCCCCCCCCC(=O)NC(COP(=O)([O-])OCC[N+](C)(C)C)C(/C=C\CCCCCCCCCCC)OC(=O)CCCCCCCCCCCCCCCC. The number of unbranched alkanes of at least 4 members (excludes halogenated alkanes) is 31. The van der Waals surface area contributed by atoms with Crippen LogP contribution in [0.15, 0.2) is 72.9 Å². The molecule has 0 aliphatic rings. The summed E-state index contributed by atoms with van der Waals surface area (Å²) in [6.45, 7) is 6.73. The van der Waals surface area contributed by atoms with Crippen molar-refractivity contribution in [3.8, 4) is 0 Å². The Bertz CT molecular complexity index is 1530. The van der Waals surface area contributed by atoms with Crippen LogP contribution in [0.3, 0.4) is 0 Å². The zero-order chi connectivity index (χ0) is 55.7. The summed E-state index contributed by atoms with van der Waals surface area (Å²) < 4.78 is 30.3. The highest BCUT2D eigenvalue weighted by atomic mass is 31.2. The van der Waals surface area contributed by atoms with Crippen molar-refractivity contribution < 1.29 is 37.3 Å². The van der Waals surface area contributed by atoms with Gasteiger partial charge in [0.1, 0.15) is 19.3 Å². The van der Waals surface area contributed by atoms with Gasteiger partial charge in [0.15, 0.2) is 0 Å². The first-order chi connectivity index (χ1) is 36.9. The molecule has 0 saturated carbocycles. The van der Waals surface area contributed by atoms with Crippen LogP contribution in [0, 0.1) is 0 Å². The van der Waals surface area contributed by atoms with Gasteiger partial charge in [0.2, 0.25) is 5.91 Å². The third-order valence-corrected chi connectivity index (χ3v) is 14.9. The Kier molecular flexibility index (Phi) is 53.9. The van der Waals surface area contributed by atoms with Crippen LogP contribution in [0.5, 0.6) is 0 Å². The van der Waals surface area contributed by atoms with Gasteiger partial charge in [-0.1, -0.05) is 267 Å². The lowest BCUT2D eigenvalue weighted by atomic mass is 10.0. The fourth-order valence-electron chi connectivity index (χ4n) is 9.02. The van der Waals surface area contributed by atoms with E-state index in [9.17, 15) is 19.0 Å². The quantitative estimate of drug-likeness (QED) is 0.0212. The second-order valence-corrected chi connectivity index (χ2v) is 23.9. The van der Waals surface area contributed by atoms with E-state index in [0.29, 0.717) is 17.4 Å². The highest BCUT2D eigenvalue weighted by molar-refractivity contribution is 7.45. The van der Waals surface area contributed by atoms with Crippen LogP contribution < -0.4 is 10.2 Å². The van der Waals surface area contributed by atoms with Gasteiger partial charge in [-0.3, -0.25) is 14.2 Å². The molecule has 10 heteroatoms. The molecule has 0 spiro atoms. The number of rotatable bonds is 57. The summed E-state index contributed by atoms with van der Waals surface area (Å²) in [6.07, 6.45) is 71.5. The molecule has 0 aromatic heterocycles. The Morgan fingerprint density at radius 1 is 0.474 bits per heavy atom. The lowest BCUT2D eigenvalue weighted by molar-refractivity contribution is -0.870. The fraction of sp³-hybridized carbons (Fsp3) is 0.788. The maximum atomic E-state index is 13.5. The molecule has 1 N–H and O–H groups in total. The molecule has 3 unspecified atom stereocenters. The number of phosphoric ester groups is 1. The Balaban J connectivity index is 5.11. The van der Waals surface area contributed by atoms with Crippen molar-refractivity contribution in [3.63, 3.8) is 0 Å². The van der Waals surface area contributed by atoms with Crippen LogP contribution in [0.1, 0.15) is 284 Å². The highest BCUT2D eigenvalue weighted by Gasteiger charge is 2.27. The Labute approximate surface area is 470 Å². The van der Waals surface area contributed by atoms with E-state index in [1.165, 1.54) is 148 Å². The van der Waals surface area contributed by atoms with E-state index in [2.05, 4.69) is 86.8 Å². The number of hydrogen-bond donors (Lipinski definition) is 1. The molecule has 0 aliphatic heterocycles. The number of allylic oxidation sites excluding steroid dienone is 11. The predicted octanol–water partition coefficient (Wildman–Crippen LogP) is 19.0. The van der Waals surface area contributed by atoms with E-state index < -0.39 is 26.6 Å². The van der Waals surface area contributed by atoms with Crippen molar-refractivity contribution in [3.05, 3.63) is 72.9 Å². The van der Waals surface area contributed by atoms with Crippen LogP contribution in [-0.4, -0.2) is 69.4 Å². The minimum Gasteiger partial charge on any atom is -0.756 e. The summed E-state index contributed by atoms with van der Waals surface area (Å²) >= 11 is 0. The predicted molar refractivity (Wildman–Crippen MR) is 325 cm³/mol. The number of carbonyl (C=O) groups excluding carboxylic acids is 2. The maximum absolute atomic E-state index is 13.5. The van der Waals surface area contributed by atoms with Gasteiger partial charge in [0.25, 0.3) is 7.82 Å². The lowest BCUT2D eigenvalue weighted by Crippen LogP contribution is -2.47. The summed E-state index contributed by atoms with van der Waals surface area (Å²) in [6, 6.07) is -0.891. The first-order valence-corrected chi connectivity index (χ1v) is 33.2. The minimum absolute atomic E-state index is 0.0244. The minimum atomic E-state index is -4.70. The number of hydrogen-bond acceptors (Lipinski definition) is 7. The number of phosphoric acid groups is 1. The molecule has 0 aliphatic carbocycles. The van der Waals surface area contributed by atoms with Gasteiger partial charge in [-0.05, 0) is 76.7 Å². The Morgan fingerprint density at radius 3 is 1.26 bits per heavy atom. The van der Waals surface area contributed by atoms with E-state index in [1.54, 1.807) is 0 Å². The van der Waals surface area contributed by atoms with Gasteiger partial charge in [0.05, 0.1) is 33.8 Å². The second kappa shape index (κ2) is 55.8. The number of quaternary nitrogens is 1. The molecule has 9 nitrogen and oxygen atoms in total. The molecule has 76 heavy (non-hydrogen) atoms. The topological polar surface area (TPSA) is 114 Å². The van der Waals surface area contributed by atoms with Gasteiger partial charge < -0.3 is 28.5 Å². The fourth-order valence-corrected chi connectivity index (χ4v) is 9.74. The molecular weight excluding hydrogens is 964 g/mol. The number of nitrogens with zero attached hydrogens (tertiary/aromatic N) is 1. The molecule has 0 heterocycles. The summed E-state index contributed by atoms with van der Waals surface area (Å²) in [4.78, 5) is 40.0. The smallest absolute Gasteiger partial charge is 0.306 e. The van der Waals surface area contributed by atoms with Crippen LogP contribution in [0.2, 0.25) is 0 Å². The molecule has 3 atom stereocenters. The Morgan fingerprint density at radius 2 is 0.842 bits per heavy atom. The molecule has 0 aromatic rings. The molecule has 0 radical (unpaired) electrons. The molecular formula is C66H121N2O7P. The zero-order valence-electron chi connectivity index (χ0n) is 50.4. The van der Waals surface area contributed by atoms with Crippen molar-refractivity contribution in [1.82, 2.24) is 5.32 Å². The third-order valence-electron chi connectivity index (χ3n) is 13.9. The molecule has 442 valence electrons. The van der Waals surface area contributed by atoms with E-state index >= 15 is 0 Å². The third kappa shape index (κ3) is 56.2. The van der Waals surface area contributed by atoms with Crippen LogP contribution in [-0.2, 0) is 27.9 Å². The maximum Gasteiger partial charge on any atom is 0.306 e. The van der Waals surface area contributed by atoms with E-state index in [0.717, 1.165) is 103 Å². The molecule has 0 fully saturated rings. The van der Waals surface area contributed by atoms with Gasteiger partial charge in [-0.2, -0.15) is 0 Å². The van der Waals surface area contributed by atoms with Crippen LogP contribution >= 0.6 is 7.82 Å². The highest BCUT2D eigenvalue weighted by Crippen LogP contribution is 2.38. The number of likely N-dealkylation sites (N-methyl/N-ethyl adjacent to an activating group) is 1. The number of esters is 1. The summed E-state index contributed by atoms with van der Waals surface area (Å²) in [7, 11) is 1.18. The van der Waals surface area contributed by atoms with Crippen LogP contribution in [0.4, 0.5) is 0 Å². The van der Waals surface area contributed by atoms with E-state index in [1.807, 2.05) is 33.3 Å². The van der Waals surface area contributed by atoms with Crippen molar-refractivity contribution in [2.75, 3.05) is 40.9 Å². The normalized spacial score (nSPS) is 14.1. The molecule has 0 saturated heterocycles. The number of amides is 1. The second-order valence-electron chi connectivity index (χ2n) is 22.5. The van der Waals surface area contributed by atoms with Crippen molar-refractivity contribution in [1.29, 1.82) is 0 Å². The first kappa shape index (κ1) is 73.5. The van der Waals surface area contributed by atoms with E-state index in [-0.39, 0.29) is 24.9 Å². The summed E-state index contributed by atoms with van der Waals surface area (Å²) in [5.41, 5.74) is 0. The number of carbonyl (C=O) groups is 2. The molecule has 0 rings (SSSR count). The lowest BCUT2D eigenvalue weighted by Gasteiger charge is -2.30. The average Bonchev–Trinajstić information content (AvgIpc) is 3.38. The molecule has 0 aromatic carbocycles. The van der Waals surface area contributed by atoms with Gasteiger partial charge in [-0.25, -0.2) is 0 Å². The van der Waals surface area contributed by atoms with Crippen molar-refractivity contribution in [2.45, 2.75) is 296 Å². The van der Waals surface area contributed by atoms with Gasteiger partial charge >= 0.3 is 5.97 Å². The van der Waals surface area contributed by atoms with Gasteiger partial charge in [0, 0.05) is 12.8 Å².